The van der Waals surface area contributed by atoms with Crippen LogP contribution in [-0.2, 0) is 0 Å². The number of anilines is 3. The van der Waals surface area contributed by atoms with Gasteiger partial charge in [-0.2, -0.15) is 0 Å². The second-order valence-electron chi connectivity index (χ2n) is 4.44. The molecule has 0 amide bonds. The smallest absolute Gasteiger partial charge is 0.161 e. The quantitative estimate of drug-likeness (QED) is 0.652. The summed E-state index contributed by atoms with van der Waals surface area (Å²) in [6, 6.07) is 9.61. The van der Waals surface area contributed by atoms with Gasteiger partial charge in [0.05, 0.1) is 0 Å². The molecule has 0 bridgehead atoms. The number of Topliss-reactive ketones (excluding diaryl/α,β-unsaturated/α-hetero) is 1. The Labute approximate surface area is 111 Å². The van der Waals surface area contributed by atoms with Gasteiger partial charge in [-0.15, -0.1) is 0 Å². The third-order valence-corrected chi connectivity index (χ3v) is 2.91. The first-order valence-electron chi connectivity index (χ1n) is 5.91. The van der Waals surface area contributed by atoms with Crippen LogP contribution < -0.4 is 11.1 Å². The highest BCUT2D eigenvalue weighted by Gasteiger charge is 2.06. The normalized spacial score (nSPS) is 10.3. The highest BCUT2D eigenvalue weighted by atomic mass is 19.1. The number of rotatable bonds is 3. The molecule has 19 heavy (non-hydrogen) atoms. The van der Waals surface area contributed by atoms with Crippen molar-refractivity contribution in [2.75, 3.05) is 11.1 Å². The van der Waals surface area contributed by atoms with Crippen molar-refractivity contribution in [1.29, 1.82) is 0 Å². The summed E-state index contributed by atoms with van der Waals surface area (Å²) >= 11 is 0. The van der Waals surface area contributed by atoms with Gasteiger partial charge in [0.15, 0.2) is 5.78 Å². The Hall–Kier alpha value is -2.36. The number of halogens is 1. The monoisotopic (exact) mass is 258 g/mol. The van der Waals surface area contributed by atoms with E-state index in [1.54, 1.807) is 24.3 Å². The van der Waals surface area contributed by atoms with Crippen molar-refractivity contribution in [1.82, 2.24) is 0 Å². The molecule has 0 radical (unpaired) electrons. The van der Waals surface area contributed by atoms with Crippen LogP contribution in [0, 0.1) is 12.7 Å². The Morgan fingerprint density at radius 2 is 1.95 bits per heavy atom. The Kier molecular flexibility index (Phi) is 3.51. The van der Waals surface area contributed by atoms with Gasteiger partial charge in [-0.1, -0.05) is 6.07 Å². The molecule has 0 fully saturated rings. The SMILES string of the molecule is CC(=O)c1ccc(Nc2cc(F)ccc2C)cc1N. The van der Waals surface area contributed by atoms with Gasteiger partial charge < -0.3 is 11.1 Å². The van der Waals surface area contributed by atoms with E-state index in [9.17, 15) is 9.18 Å². The van der Waals surface area contributed by atoms with Gasteiger partial charge in [-0.25, -0.2) is 4.39 Å². The first-order valence-corrected chi connectivity index (χ1v) is 5.91. The second-order valence-corrected chi connectivity index (χ2v) is 4.44. The molecule has 0 aliphatic heterocycles. The summed E-state index contributed by atoms with van der Waals surface area (Å²) in [5.41, 5.74) is 9.03. The van der Waals surface area contributed by atoms with Gasteiger partial charge in [-0.3, -0.25) is 4.79 Å². The summed E-state index contributed by atoms with van der Waals surface area (Å²) in [5, 5.41) is 3.09. The van der Waals surface area contributed by atoms with Crippen LogP contribution in [0.1, 0.15) is 22.8 Å². The molecular formula is C15H15FN2O. The average Bonchev–Trinajstić information content (AvgIpc) is 2.33. The molecule has 0 aromatic heterocycles. The number of hydrogen-bond acceptors (Lipinski definition) is 3. The molecule has 0 aliphatic rings. The molecule has 98 valence electrons. The fourth-order valence-electron chi connectivity index (χ4n) is 1.85. The summed E-state index contributed by atoms with van der Waals surface area (Å²) in [5.74, 6) is -0.382. The first-order chi connectivity index (χ1) is 8.97. The van der Waals surface area contributed by atoms with E-state index in [0.717, 1.165) is 11.3 Å². The zero-order valence-corrected chi connectivity index (χ0v) is 10.8. The van der Waals surface area contributed by atoms with E-state index in [1.807, 2.05) is 6.92 Å². The van der Waals surface area contributed by atoms with Crippen molar-refractivity contribution in [3.63, 3.8) is 0 Å². The molecule has 0 saturated heterocycles. The predicted octanol–water partition coefficient (Wildman–Crippen LogP) is 3.66. The van der Waals surface area contributed by atoms with E-state index in [-0.39, 0.29) is 11.6 Å². The summed E-state index contributed by atoms with van der Waals surface area (Å²) < 4.78 is 13.2. The summed E-state index contributed by atoms with van der Waals surface area (Å²) in [6.45, 7) is 3.35. The molecule has 2 aromatic carbocycles. The molecular weight excluding hydrogens is 243 g/mol. The van der Waals surface area contributed by atoms with E-state index < -0.39 is 0 Å². The Morgan fingerprint density at radius 1 is 1.21 bits per heavy atom. The maximum atomic E-state index is 13.2. The maximum absolute atomic E-state index is 13.2. The molecule has 0 heterocycles. The first kappa shape index (κ1) is 13.1. The van der Waals surface area contributed by atoms with Gasteiger partial charge >= 0.3 is 0 Å². The van der Waals surface area contributed by atoms with E-state index in [4.69, 9.17) is 5.73 Å². The van der Waals surface area contributed by atoms with Gasteiger partial charge in [0.25, 0.3) is 0 Å². The third kappa shape index (κ3) is 2.91. The topological polar surface area (TPSA) is 55.1 Å². The molecule has 3 nitrogen and oxygen atoms in total. The van der Waals surface area contributed by atoms with Crippen molar-refractivity contribution in [2.45, 2.75) is 13.8 Å². The molecule has 2 aromatic rings. The Balaban J connectivity index is 2.31. The second kappa shape index (κ2) is 5.10. The molecule has 3 N–H and O–H groups in total. The zero-order chi connectivity index (χ0) is 14.0. The lowest BCUT2D eigenvalue weighted by molar-refractivity contribution is 0.101. The van der Waals surface area contributed by atoms with E-state index >= 15 is 0 Å². The van der Waals surface area contributed by atoms with Gasteiger partial charge in [-0.05, 0) is 49.7 Å². The fraction of sp³-hybridized carbons (Fsp3) is 0.133. The number of nitrogens with two attached hydrogens (primary N) is 1. The van der Waals surface area contributed by atoms with Gasteiger partial charge in [0.1, 0.15) is 5.82 Å². The highest BCUT2D eigenvalue weighted by molar-refractivity contribution is 5.99. The van der Waals surface area contributed by atoms with E-state index in [0.29, 0.717) is 16.9 Å². The van der Waals surface area contributed by atoms with Crippen LogP contribution in [-0.4, -0.2) is 5.78 Å². The number of carbonyl (C=O) groups excluding carboxylic acids is 1. The maximum Gasteiger partial charge on any atom is 0.161 e. The standard InChI is InChI=1S/C15H15FN2O/c1-9-3-4-11(16)7-15(9)18-12-5-6-13(10(2)19)14(17)8-12/h3-8,18H,17H2,1-2H3. The number of benzene rings is 2. The number of ketones is 1. The summed E-state index contributed by atoms with van der Waals surface area (Å²) in [4.78, 5) is 11.3. The third-order valence-electron chi connectivity index (χ3n) is 2.91. The fourth-order valence-corrected chi connectivity index (χ4v) is 1.85. The van der Waals surface area contributed by atoms with Crippen molar-refractivity contribution in [2.24, 2.45) is 0 Å². The molecule has 0 spiro atoms. The lowest BCUT2D eigenvalue weighted by Crippen LogP contribution is -2.01. The molecule has 2 rings (SSSR count). The van der Waals surface area contributed by atoms with Crippen molar-refractivity contribution < 1.29 is 9.18 Å². The average molecular weight is 258 g/mol. The lowest BCUT2D eigenvalue weighted by Gasteiger charge is -2.11. The van der Waals surface area contributed by atoms with Crippen molar-refractivity contribution >= 4 is 22.8 Å². The number of carbonyl (C=O) groups is 1. The van der Waals surface area contributed by atoms with Crippen LogP contribution in [0.2, 0.25) is 0 Å². The zero-order valence-electron chi connectivity index (χ0n) is 10.8. The molecule has 0 aliphatic carbocycles. The largest absolute Gasteiger partial charge is 0.398 e. The summed E-state index contributed by atoms with van der Waals surface area (Å²) in [7, 11) is 0. The molecule has 0 atom stereocenters. The number of nitrogen functional groups attached to an aromatic ring is 1. The molecule has 0 saturated carbocycles. The van der Waals surface area contributed by atoms with Crippen LogP contribution >= 0.6 is 0 Å². The van der Waals surface area contributed by atoms with Crippen molar-refractivity contribution in [3.05, 3.63) is 53.3 Å². The highest BCUT2D eigenvalue weighted by Crippen LogP contribution is 2.24. The summed E-state index contributed by atoms with van der Waals surface area (Å²) in [6.07, 6.45) is 0. The minimum Gasteiger partial charge on any atom is -0.398 e. The minimum atomic E-state index is -0.304. The van der Waals surface area contributed by atoms with Crippen LogP contribution in [0.15, 0.2) is 36.4 Å². The van der Waals surface area contributed by atoms with Crippen LogP contribution in [0.5, 0.6) is 0 Å². The number of hydrogen-bond donors (Lipinski definition) is 2. The van der Waals surface area contributed by atoms with E-state index in [1.165, 1.54) is 19.1 Å². The minimum absolute atomic E-state index is 0.0778. The van der Waals surface area contributed by atoms with E-state index in [2.05, 4.69) is 5.32 Å². The predicted molar refractivity (Wildman–Crippen MR) is 75.3 cm³/mol. The van der Waals surface area contributed by atoms with Gasteiger partial charge in [0, 0.05) is 22.6 Å². The molecule has 4 heteroatoms. The van der Waals surface area contributed by atoms with Gasteiger partial charge in [0.2, 0.25) is 0 Å². The van der Waals surface area contributed by atoms with Crippen LogP contribution in [0.25, 0.3) is 0 Å². The Bertz CT molecular complexity index is 638. The van der Waals surface area contributed by atoms with Crippen LogP contribution in [0.4, 0.5) is 21.5 Å². The lowest BCUT2D eigenvalue weighted by atomic mass is 10.1. The molecule has 0 unspecified atom stereocenters. The van der Waals surface area contributed by atoms with Crippen molar-refractivity contribution in [3.8, 4) is 0 Å². The van der Waals surface area contributed by atoms with Crippen LogP contribution in [0.3, 0.4) is 0 Å². The number of aryl methyl sites for hydroxylation is 1. The Morgan fingerprint density at radius 3 is 2.58 bits per heavy atom. The number of nitrogens with one attached hydrogen (secondary N) is 1.